The Morgan fingerprint density at radius 1 is 1.25 bits per heavy atom. The molecule has 0 spiro atoms. The van der Waals surface area contributed by atoms with Crippen molar-refractivity contribution in [2.24, 2.45) is 11.8 Å². The van der Waals surface area contributed by atoms with Gasteiger partial charge >= 0.3 is 0 Å². The number of aryl methyl sites for hydroxylation is 1. The van der Waals surface area contributed by atoms with Crippen molar-refractivity contribution in [3.8, 4) is 0 Å². The summed E-state index contributed by atoms with van der Waals surface area (Å²) in [6, 6.07) is 5.57. The molecule has 0 saturated carbocycles. The van der Waals surface area contributed by atoms with E-state index in [1.807, 2.05) is 24.0 Å². The zero-order valence-corrected chi connectivity index (χ0v) is 11.7. The maximum absolute atomic E-state index is 12.7. The van der Waals surface area contributed by atoms with E-state index in [9.17, 15) is 4.79 Å². The van der Waals surface area contributed by atoms with Gasteiger partial charge in [-0.25, -0.2) is 0 Å². The van der Waals surface area contributed by atoms with Crippen LogP contribution < -0.4 is 5.73 Å². The lowest BCUT2D eigenvalue weighted by molar-refractivity contribution is 0.0594. The van der Waals surface area contributed by atoms with Gasteiger partial charge < -0.3 is 15.4 Å². The summed E-state index contributed by atoms with van der Waals surface area (Å²) in [5.74, 6) is 1.24. The van der Waals surface area contributed by atoms with Gasteiger partial charge in [-0.2, -0.15) is 0 Å². The van der Waals surface area contributed by atoms with Crippen molar-refractivity contribution in [3.05, 3.63) is 29.3 Å². The molecule has 20 heavy (non-hydrogen) atoms. The number of ether oxygens (including phenoxy) is 1. The summed E-state index contributed by atoms with van der Waals surface area (Å²) in [6.07, 6.45) is 3.13. The summed E-state index contributed by atoms with van der Waals surface area (Å²) in [5.41, 5.74) is 8.22. The highest BCUT2D eigenvalue weighted by Crippen LogP contribution is 2.47. The van der Waals surface area contributed by atoms with Crippen molar-refractivity contribution < 1.29 is 9.53 Å². The number of rotatable bonds is 1. The van der Waals surface area contributed by atoms with E-state index in [-0.39, 0.29) is 5.91 Å². The van der Waals surface area contributed by atoms with Crippen LogP contribution in [0.15, 0.2) is 18.2 Å². The Bertz CT molecular complexity index is 554. The second kappa shape index (κ2) is 4.22. The highest BCUT2D eigenvalue weighted by molar-refractivity contribution is 5.96. The van der Waals surface area contributed by atoms with E-state index in [0.717, 1.165) is 24.2 Å². The number of hydrogen-bond donors (Lipinski definition) is 1. The normalized spacial score (nSPS) is 34.5. The number of hydrogen-bond acceptors (Lipinski definition) is 3. The predicted molar refractivity (Wildman–Crippen MR) is 76.4 cm³/mol. The summed E-state index contributed by atoms with van der Waals surface area (Å²) in [5, 5.41) is 0. The van der Waals surface area contributed by atoms with Gasteiger partial charge in [-0.3, -0.25) is 4.79 Å². The molecule has 4 rings (SSSR count). The van der Waals surface area contributed by atoms with Crippen LogP contribution in [0.5, 0.6) is 0 Å². The molecule has 2 N–H and O–H groups in total. The van der Waals surface area contributed by atoms with Gasteiger partial charge in [0.15, 0.2) is 0 Å². The van der Waals surface area contributed by atoms with E-state index in [1.165, 1.54) is 12.8 Å². The van der Waals surface area contributed by atoms with Crippen molar-refractivity contribution in [1.29, 1.82) is 0 Å². The van der Waals surface area contributed by atoms with Crippen molar-refractivity contribution in [3.63, 3.8) is 0 Å². The minimum atomic E-state index is 0.128. The lowest BCUT2D eigenvalue weighted by atomic mass is 9.82. The van der Waals surface area contributed by atoms with Gasteiger partial charge in [0.2, 0.25) is 0 Å². The molecule has 3 fully saturated rings. The van der Waals surface area contributed by atoms with Crippen LogP contribution in [0.4, 0.5) is 5.69 Å². The number of nitrogens with two attached hydrogens (primary N) is 1. The first-order valence-corrected chi connectivity index (χ1v) is 7.44. The van der Waals surface area contributed by atoms with Crippen LogP contribution in [-0.2, 0) is 4.74 Å². The molecule has 4 unspecified atom stereocenters. The fourth-order valence-electron chi connectivity index (χ4n) is 4.17. The highest BCUT2D eigenvalue weighted by Gasteiger charge is 2.53. The van der Waals surface area contributed by atoms with E-state index < -0.39 is 0 Å². The number of fused-ring (bicyclic) bond motifs is 5. The second-order valence-electron chi connectivity index (χ2n) is 6.40. The van der Waals surface area contributed by atoms with Gasteiger partial charge in [0.1, 0.15) is 0 Å². The molecule has 3 aliphatic rings. The van der Waals surface area contributed by atoms with E-state index in [4.69, 9.17) is 10.5 Å². The number of nitrogen functional groups attached to an aromatic ring is 1. The predicted octanol–water partition coefficient (Wildman–Crippen LogP) is 1.83. The van der Waals surface area contributed by atoms with Crippen LogP contribution in [-0.4, -0.2) is 36.1 Å². The van der Waals surface area contributed by atoms with Crippen LogP contribution >= 0.6 is 0 Å². The van der Waals surface area contributed by atoms with Gasteiger partial charge in [0.25, 0.3) is 5.91 Å². The topological polar surface area (TPSA) is 55.6 Å². The molecule has 106 valence electrons. The lowest BCUT2D eigenvalue weighted by Gasteiger charge is -2.20. The molecule has 3 saturated heterocycles. The first kappa shape index (κ1) is 12.2. The SMILES string of the molecule is Cc1ccc(N)cc1C(=O)N1CC2C3CCC(O3)C2C1. The van der Waals surface area contributed by atoms with Gasteiger partial charge in [-0.1, -0.05) is 6.07 Å². The molecule has 4 heteroatoms. The Morgan fingerprint density at radius 3 is 2.55 bits per heavy atom. The van der Waals surface area contributed by atoms with Crippen LogP contribution in [0.25, 0.3) is 0 Å². The molecule has 1 amide bonds. The third-order valence-corrected chi connectivity index (χ3v) is 5.23. The number of amides is 1. The summed E-state index contributed by atoms with van der Waals surface area (Å²) in [6.45, 7) is 3.66. The standard InChI is InChI=1S/C16H20N2O2/c1-9-2-3-10(17)6-11(9)16(19)18-7-12-13(8-18)15-5-4-14(12)20-15/h2-3,6,12-15H,4-5,7-8,17H2,1H3. The van der Waals surface area contributed by atoms with Crippen molar-refractivity contribution in [1.82, 2.24) is 4.90 Å². The molecule has 4 nitrogen and oxygen atoms in total. The van der Waals surface area contributed by atoms with E-state index in [2.05, 4.69) is 0 Å². The molecule has 0 radical (unpaired) electrons. The van der Waals surface area contributed by atoms with E-state index in [0.29, 0.717) is 29.7 Å². The van der Waals surface area contributed by atoms with Crippen molar-refractivity contribution >= 4 is 11.6 Å². The lowest BCUT2D eigenvalue weighted by Crippen LogP contribution is -2.32. The van der Waals surface area contributed by atoms with Crippen molar-refractivity contribution in [2.45, 2.75) is 32.0 Å². The zero-order chi connectivity index (χ0) is 13.9. The summed E-state index contributed by atoms with van der Waals surface area (Å²) < 4.78 is 5.96. The van der Waals surface area contributed by atoms with E-state index in [1.54, 1.807) is 6.07 Å². The molecular weight excluding hydrogens is 252 g/mol. The summed E-state index contributed by atoms with van der Waals surface area (Å²) >= 11 is 0. The molecular formula is C16H20N2O2. The quantitative estimate of drug-likeness (QED) is 0.793. The molecule has 2 bridgehead atoms. The number of benzene rings is 1. The van der Waals surface area contributed by atoms with Gasteiger partial charge in [-0.05, 0) is 37.5 Å². The fraction of sp³-hybridized carbons (Fsp3) is 0.562. The zero-order valence-electron chi connectivity index (χ0n) is 11.7. The van der Waals surface area contributed by atoms with E-state index >= 15 is 0 Å². The largest absolute Gasteiger partial charge is 0.399 e. The minimum absolute atomic E-state index is 0.128. The molecule has 3 heterocycles. The third-order valence-electron chi connectivity index (χ3n) is 5.23. The monoisotopic (exact) mass is 272 g/mol. The van der Waals surface area contributed by atoms with Crippen LogP contribution in [0, 0.1) is 18.8 Å². The molecule has 3 aliphatic heterocycles. The summed E-state index contributed by atoms with van der Waals surface area (Å²) in [7, 11) is 0. The Morgan fingerprint density at radius 2 is 1.90 bits per heavy atom. The Kier molecular flexibility index (Phi) is 2.58. The third kappa shape index (κ3) is 1.67. The van der Waals surface area contributed by atoms with Crippen LogP contribution in [0.3, 0.4) is 0 Å². The van der Waals surface area contributed by atoms with Crippen LogP contribution in [0.2, 0.25) is 0 Å². The van der Waals surface area contributed by atoms with Crippen molar-refractivity contribution in [2.75, 3.05) is 18.8 Å². The first-order chi connectivity index (χ1) is 9.63. The average molecular weight is 272 g/mol. The molecule has 4 atom stereocenters. The minimum Gasteiger partial charge on any atom is -0.399 e. The number of carbonyl (C=O) groups excluding carboxylic acids is 1. The maximum Gasteiger partial charge on any atom is 0.254 e. The smallest absolute Gasteiger partial charge is 0.254 e. The number of anilines is 1. The van der Waals surface area contributed by atoms with Crippen LogP contribution in [0.1, 0.15) is 28.8 Å². The summed E-state index contributed by atoms with van der Waals surface area (Å²) in [4.78, 5) is 14.7. The Labute approximate surface area is 118 Å². The van der Waals surface area contributed by atoms with Gasteiger partial charge in [0.05, 0.1) is 12.2 Å². The second-order valence-corrected chi connectivity index (χ2v) is 6.40. The molecule has 0 aromatic heterocycles. The van der Waals surface area contributed by atoms with Gasteiger partial charge in [0, 0.05) is 36.2 Å². The number of likely N-dealkylation sites (tertiary alicyclic amines) is 1. The fourth-order valence-corrected chi connectivity index (χ4v) is 4.17. The number of nitrogens with zero attached hydrogens (tertiary/aromatic N) is 1. The average Bonchev–Trinajstić information content (AvgIpc) is 3.11. The van der Waals surface area contributed by atoms with Gasteiger partial charge in [-0.15, -0.1) is 0 Å². The Hall–Kier alpha value is -1.55. The highest BCUT2D eigenvalue weighted by atomic mass is 16.5. The number of carbonyl (C=O) groups is 1. The molecule has 1 aromatic carbocycles. The Balaban J connectivity index is 1.57. The maximum atomic E-state index is 12.7. The molecule has 0 aliphatic carbocycles. The molecule has 1 aromatic rings. The first-order valence-electron chi connectivity index (χ1n) is 7.44.